The van der Waals surface area contributed by atoms with Crippen LogP contribution in [0.5, 0.6) is 0 Å². The molecule has 32 heavy (non-hydrogen) atoms. The Balaban J connectivity index is 6.95. The van der Waals surface area contributed by atoms with Crippen molar-refractivity contribution in [3.8, 4) is 0 Å². The van der Waals surface area contributed by atoms with Crippen LogP contribution in [-0.2, 0) is 4.43 Å². The normalized spacial score (nSPS) is 17.5. The molecule has 1 unspecified atom stereocenters. The Morgan fingerprint density at radius 3 is 1.03 bits per heavy atom. The number of hydrogen-bond acceptors (Lipinski definition) is 1. The third-order valence-corrected chi connectivity index (χ3v) is 7.40. The standard InChI is InChI=1S/C13H13F17OSi/c1-5(14)6(15,16)7(17,18)8(19,20)9(21,22)10(23,24)11(25,26)12(27,28)13(29,30)32(3,4)31-2/h5H,1-4H3. The first-order chi connectivity index (χ1) is 13.5. The topological polar surface area (TPSA) is 9.23 Å². The molecule has 0 bridgehead atoms. The van der Waals surface area contributed by atoms with E-state index in [4.69, 9.17) is 0 Å². The van der Waals surface area contributed by atoms with Crippen LogP contribution in [0.15, 0.2) is 0 Å². The highest BCUT2D eigenvalue weighted by Crippen LogP contribution is 2.64. The Hall–Kier alpha value is -1.01. The lowest BCUT2D eigenvalue weighted by molar-refractivity contribution is -0.451. The van der Waals surface area contributed by atoms with Crippen LogP contribution >= 0.6 is 0 Å². The van der Waals surface area contributed by atoms with Gasteiger partial charge in [0, 0.05) is 7.11 Å². The van der Waals surface area contributed by atoms with Crippen molar-refractivity contribution in [1.29, 1.82) is 0 Å². The smallest absolute Gasteiger partial charge is 0.385 e. The molecule has 0 heterocycles. The van der Waals surface area contributed by atoms with E-state index < -0.39 is 68.4 Å². The molecule has 0 aromatic rings. The van der Waals surface area contributed by atoms with Crippen molar-refractivity contribution in [3.63, 3.8) is 0 Å². The number of hydrogen-bond donors (Lipinski definition) is 0. The lowest BCUT2D eigenvalue weighted by Crippen LogP contribution is -2.77. The predicted molar refractivity (Wildman–Crippen MR) is 74.6 cm³/mol. The van der Waals surface area contributed by atoms with E-state index in [0.29, 0.717) is 0 Å². The molecular formula is C13H13F17OSi. The summed E-state index contributed by atoms with van der Waals surface area (Å²) in [5.74, 6) is -56.2. The van der Waals surface area contributed by atoms with Crippen LogP contribution in [0.1, 0.15) is 6.92 Å². The third kappa shape index (κ3) is 3.55. The molecule has 0 aromatic carbocycles. The molecule has 0 aliphatic rings. The molecule has 0 radical (unpaired) electrons. The van der Waals surface area contributed by atoms with Crippen molar-refractivity contribution in [3.05, 3.63) is 0 Å². The van der Waals surface area contributed by atoms with Crippen LogP contribution in [-0.4, -0.2) is 68.6 Å². The molecule has 1 atom stereocenters. The largest absolute Gasteiger partial charge is 0.413 e. The van der Waals surface area contributed by atoms with Crippen LogP contribution in [0, 0.1) is 0 Å². The first-order valence-electron chi connectivity index (χ1n) is 7.72. The lowest BCUT2D eigenvalue weighted by atomic mass is 9.88. The zero-order chi connectivity index (χ0) is 26.8. The van der Waals surface area contributed by atoms with E-state index in [1.807, 2.05) is 0 Å². The van der Waals surface area contributed by atoms with Crippen molar-refractivity contribution in [2.45, 2.75) is 73.2 Å². The van der Waals surface area contributed by atoms with Gasteiger partial charge in [0.15, 0.2) is 6.17 Å². The minimum Gasteiger partial charge on any atom is -0.413 e. The Kier molecular flexibility index (Phi) is 7.51. The predicted octanol–water partition coefficient (Wildman–Crippen LogP) is 6.82. The molecule has 0 spiro atoms. The molecule has 194 valence electrons. The molecule has 19 heteroatoms. The van der Waals surface area contributed by atoms with Crippen LogP contribution in [0.2, 0.25) is 13.1 Å². The summed E-state index contributed by atoms with van der Waals surface area (Å²) < 4.78 is 233. The summed E-state index contributed by atoms with van der Waals surface area (Å²) in [5, 5.41) is 0. The van der Waals surface area contributed by atoms with Crippen molar-refractivity contribution in [1.82, 2.24) is 0 Å². The summed E-state index contributed by atoms with van der Waals surface area (Å²) in [6, 6.07) is 0. The van der Waals surface area contributed by atoms with Gasteiger partial charge in [-0.05, 0) is 20.0 Å². The first-order valence-corrected chi connectivity index (χ1v) is 10.6. The molecule has 0 aromatic heterocycles. The summed E-state index contributed by atoms with van der Waals surface area (Å²) in [4.78, 5) is 0. The molecule has 0 rings (SSSR count). The van der Waals surface area contributed by atoms with E-state index in [2.05, 4.69) is 4.43 Å². The second-order valence-corrected chi connectivity index (χ2v) is 11.0. The number of halogens is 17. The average molecular weight is 536 g/mol. The third-order valence-electron chi connectivity index (χ3n) is 4.55. The summed E-state index contributed by atoms with van der Waals surface area (Å²) >= 11 is 0. The van der Waals surface area contributed by atoms with Gasteiger partial charge < -0.3 is 4.43 Å². The fourth-order valence-electron chi connectivity index (χ4n) is 1.95. The fraction of sp³-hybridized carbons (Fsp3) is 1.00. The minimum absolute atomic E-state index is 0.0147. The molecule has 0 fully saturated rings. The lowest BCUT2D eigenvalue weighted by Gasteiger charge is -2.45. The van der Waals surface area contributed by atoms with Crippen LogP contribution in [0.3, 0.4) is 0 Å². The first kappa shape index (κ1) is 31.0. The molecule has 0 amide bonds. The summed E-state index contributed by atoms with van der Waals surface area (Å²) in [5.41, 5.74) is -6.44. The van der Waals surface area contributed by atoms with Gasteiger partial charge in [0.2, 0.25) is 0 Å². The van der Waals surface area contributed by atoms with Gasteiger partial charge in [-0.25, -0.2) is 13.2 Å². The van der Waals surface area contributed by atoms with Gasteiger partial charge in [0.1, 0.15) is 0 Å². The molecule has 0 aliphatic heterocycles. The zero-order valence-corrected chi connectivity index (χ0v) is 16.9. The van der Waals surface area contributed by atoms with Gasteiger partial charge in [0.25, 0.3) is 8.32 Å². The average Bonchev–Trinajstić information content (AvgIpc) is 2.59. The van der Waals surface area contributed by atoms with Crippen LogP contribution < -0.4 is 0 Å². The van der Waals surface area contributed by atoms with Crippen molar-refractivity contribution < 1.29 is 79.1 Å². The highest BCUT2D eigenvalue weighted by atomic mass is 28.4. The zero-order valence-electron chi connectivity index (χ0n) is 15.9. The van der Waals surface area contributed by atoms with Gasteiger partial charge in [-0.15, -0.1) is 0 Å². The molecule has 1 nitrogen and oxygen atoms in total. The Morgan fingerprint density at radius 2 is 0.781 bits per heavy atom. The van der Waals surface area contributed by atoms with Crippen molar-refractivity contribution >= 4 is 8.32 Å². The van der Waals surface area contributed by atoms with Crippen LogP contribution in [0.4, 0.5) is 74.6 Å². The highest BCUT2D eigenvalue weighted by Gasteiger charge is 2.95. The van der Waals surface area contributed by atoms with Gasteiger partial charge in [-0.1, -0.05) is 0 Å². The Bertz CT molecular complexity index is 684. The SMILES string of the molecule is CO[Si](C)(C)C(F)(F)C(F)(F)C(F)(F)C(F)(F)C(F)(F)C(F)(F)C(F)(F)C(F)(F)C(C)F. The number of alkyl halides is 17. The number of rotatable bonds is 10. The van der Waals surface area contributed by atoms with E-state index in [-0.39, 0.29) is 20.2 Å². The van der Waals surface area contributed by atoms with Gasteiger partial charge >= 0.3 is 47.0 Å². The fourth-order valence-corrected chi connectivity index (χ4v) is 3.12. The maximum absolute atomic E-state index is 13.8. The molecule has 0 saturated carbocycles. The van der Waals surface area contributed by atoms with E-state index in [9.17, 15) is 74.6 Å². The summed E-state index contributed by atoms with van der Waals surface area (Å²) in [6.45, 7) is -0.667. The Morgan fingerprint density at radius 1 is 0.531 bits per heavy atom. The van der Waals surface area contributed by atoms with E-state index in [1.54, 1.807) is 0 Å². The van der Waals surface area contributed by atoms with Crippen molar-refractivity contribution in [2.24, 2.45) is 0 Å². The highest BCUT2D eigenvalue weighted by molar-refractivity contribution is 6.73. The summed E-state index contributed by atoms with van der Waals surface area (Å²) in [7, 11) is -5.37. The minimum atomic E-state index is -8.55. The second kappa shape index (κ2) is 7.76. The van der Waals surface area contributed by atoms with E-state index >= 15 is 0 Å². The summed E-state index contributed by atoms with van der Waals surface area (Å²) in [6.07, 6.45) is -4.48. The van der Waals surface area contributed by atoms with E-state index in [1.165, 1.54) is 0 Å². The molecule has 0 N–H and O–H groups in total. The molecule has 0 aliphatic carbocycles. The van der Waals surface area contributed by atoms with Crippen molar-refractivity contribution in [2.75, 3.05) is 7.11 Å². The maximum atomic E-state index is 13.8. The van der Waals surface area contributed by atoms with Crippen LogP contribution in [0.25, 0.3) is 0 Å². The Labute approximate surface area is 169 Å². The quantitative estimate of drug-likeness (QED) is 0.220. The van der Waals surface area contributed by atoms with Gasteiger partial charge in [0.05, 0.1) is 0 Å². The maximum Gasteiger partial charge on any atom is 0.385 e. The second-order valence-electron chi connectivity index (χ2n) is 6.97. The van der Waals surface area contributed by atoms with E-state index in [0.717, 1.165) is 0 Å². The van der Waals surface area contributed by atoms with Gasteiger partial charge in [-0.2, -0.15) is 61.5 Å². The molecular weight excluding hydrogens is 523 g/mol. The van der Waals surface area contributed by atoms with Gasteiger partial charge in [-0.3, -0.25) is 0 Å². The molecule has 0 saturated heterocycles. The monoisotopic (exact) mass is 536 g/mol.